The number of sulfonamides is 1. The molecule has 2 aliphatic carbocycles. The topological polar surface area (TPSA) is 118 Å². The number of aryl methyl sites for hydroxylation is 1. The number of rotatable bonds is 15. The van der Waals surface area contributed by atoms with Gasteiger partial charge in [-0.1, -0.05) is 43.7 Å². The lowest BCUT2D eigenvalue weighted by Gasteiger charge is -2.52. The van der Waals surface area contributed by atoms with Crippen molar-refractivity contribution in [2.75, 3.05) is 83.9 Å². The molecule has 4 atom stereocenters. The molecule has 1 saturated heterocycles. The van der Waals surface area contributed by atoms with Crippen LogP contribution in [0.4, 0.5) is 5.69 Å². The molecule has 2 aliphatic heterocycles. The van der Waals surface area contributed by atoms with Gasteiger partial charge in [-0.15, -0.1) is 0 Å². The highest BCUT2D eigenvalue weighted by Crippen LogP contribution is 2.49. The van der Waals surface area contributed by atoms with Gasteiger partial charge in [0.05, 0.1) is 31.2 Å². The standard InChI is InChI=1S/C42H59ClN4O7S/c1-6-55(50,51)44-40(49)32-12-16-38-37(24-32)47(27-41(29-54-38)17-8-10-31-23-34(43)13-15-35(31)41)25-33-11-14-36(33)42(53-5,18-7-9-30(2)3)28-45-19-20-46(21-22-52-4)39(48)26-45/h7,12-13,15-16,18,23-24,30,33,36H,6,8-11,14,17,19-22,25-29H2,1-5H3,(H,44,49)/b18-7+/t33-,36+,41-,42?/m0/s1. The summed E-state index contributed by atoms with van der Waals surface area (Å²) in [4.78, 5) is 33.0. The van der Waals surface area contributed by atoms with Gasteiger partial charge in [0.2, 0.25) is 15.9 Å². The first-order valence-corrected chi connectivity index (χ1v) is 21.9. The first kappa shape index (κ1) is 41.5. The molecular weight excluding hydrogens is 740 g/mol. The van der Waals surface area contributed by atoms with E-state index in [4.69, 9.17) is 25.8 Å². The maximum atomic E-state index is 13.3. The SMILES string of the molecule is CCS(=O)(=O)NC(=O)c1ccc2c(c1)N(C[C@@H]1CC[C@H]1C(/C=C/CC(C)C)(CN1CCN(CCOC)C(=O)C1)OC)C[C@@]1(CCCc3cc(Cl)ccc31)CO2. The summed E-state index contributed by atoms with van der Waals surface area (Å²) in [5, 5.41) is 0.722. The minimum absolute atomic E-state index is 0.108. The van der Waals surface area contributed by atoms with Crippen LogP contribution < -0.4 is 14.4 Å². The summed E-state index contributed by atoms with van der Waals surface area (Å²) in [6.07, 6.45) is 10.3. The number of hydrogen-bond donors (Lipinski definition) is 1. The third-order valence-corrected chi connectivity index (χ3v) is 13.7. The Morgan fingerprint density at radius 2 is 1.96 bits per heavy atom. The van der Waals surface area contributed by atoms with Crippen LogP contribution in [0.2, 0.25) is 5.02 Å². The Bertz CT molecular complexity index is 1840. The molecule has 1 unspecified atom stereocenters. The fourth-order valence-corrected chi connectivity index (χ4v) is 9.78. The van der Waals surface area contributed by atoms with Crippen molar-refractivity contribution in [2.45, 2.75) is 70.3 Å². The van der Waals surface area contributed by atoms with E-state index in [0.29, 0.717) is 64.1 Å². The Morgan fingerprint density at radius 3 is 2.65 bits per heavy atom. The number of hydrogen-bond acceptors (Lipinski definition) is 9. The summed E-state index contributed by atoms with van der Waals surface area (Å²) < 4.78 is 45.5. The molecular formula is C42H59ClN4O7S. The third-order valence-electron chi connectivity index (χ3n) is 12.2. The van der Waals surface area contributed by atoms with E-state index in [1.165, 1.54) is 18.1 Å². The Hall–Kier alpha value is -3.16. The molecule has 302 valence electrons. The minimum atomic E-state index is -3.75. The summed E-state index contributed by atoms with van der Waals surface area (Å²) in [6.45, 7) is 11.2. The fourth-order valence-electron chi connectivity index (χ4n) is 9.04. The van der Waals surface area contributed by atoms with Crippen LogP contribution in [0.25, 0.3) is 0 Å². The van der Waals surface area contributed by atoms with Crippen LogP contribution in [0, 0.1) is 17.8 Å². The quantitative estimate of drug-likeness (QED) is 0.227. The number of carbonyl (C=O) groups is 2. The zero-order valence-corrected chi connectivity index (χ0v) is 34.7. The first-order chi connectivity index (χ1) is 26.3. The van der Waals surface area contributed by atoms with Crippen LogP contribution in [-0.4, -0.2) is 115 Å². The van der Waals surface area contributed by atoms with Crippen LogP contribution in [0.5, 0.6) is 5.75 Å². The number of benzene rings is 2. The zero-order chi connectivity index (χ0) is 39.4. The third kappa shape index (κ3) is 9.36. The first-order valence-electron chi connectivity index (χ1n) is 19.9. The lowest BCUT2D eigenvalue weighted by Crippen LogP contribution is -2.60. The zero-order valence-electron chi connectivity index (χ0n) is 33.2. The number of allylic oxidation sites excluding steroid dienone is 1. The van der Waals surface area contributed by atoms with E-state index in [0.717, 1.165) is 55.8 Å². The van der Waals surface area contributed by atoms with Crippen LogP contribution >= 0.6 is 11.6 Å². The highest BCUT2D eigenvalue weighted by atomic mass is 35.5. The predicted molar refractivity (Wildman–Crippen MR) is 217 cm³/mol. The number of ether oxygens (including phenoxy) is 3. The summed E-state index contributed by atoms with van der Waals surface area (Å²) in [5.74, 6) is 0.818. The van der Waals surface area contributed by atoms with E-state index < -0.39 is 21.5 Å². The van der Waals surface area contributed by atoms with Gasteiger partial charge in [-0.2, -0.15) is 0 Å². The molecule has 6 rings (SSSR count). The van der Waals surface area contributed by atoms with E-state index in [-0.39, 0.29) is 34.5 Å². The molecule has 55 heavy (non-hydrogen) atoms. The number of fused-ring (bicyclic) bond motifs is 3. The highest BCUT2D eigenvalue weighted by molar-refractivity contribution is 7.90. The molecule has 2 heterocycles. The maximum absolute atomic E-state index is 13.3. The van der Waals surface area contributed by atoms with Gasteiger partial charge >= 0.3 is 0 Å². The number of halogens is 1. The molecule has 2 amide bonds. The molecule has 1 spiro atoms. The van der Waals surface area contributed by atoms with Gasteiger partial charge in [0.25, 0.3) is 5.91 Å². The number of piperazine rings is 1. The molecule has 0 aromatic heterocycles. The van der Waals surface area contributed by atoms with Crippen molar-refractivity contribution >= 4 is 39.1 Å². The summed E-state index contributed by atoms with van der Waals surface area (Å²) >= 11 is 6.50. The Kier molecular flexibility index (Phi) is 13.2. The Morgan fingerprint density at radius 1 is 1.15 bits per heavy atom. The highest BCUT2D eigenvalue weighted by Gasteiger charge is 2.50. The smallest absolute Gasteiger partial charge is 0.264 e. The Balaban J connectivity index is 1.34. The van der Waals surface area contributed by atoms with Gasteiger partial charge < -0.3 is 24.0 Å². The monoisotopic (exact) mass is 798 g/mol. The summed E-state index contributed by atoms with van der Waals surface area (Å²) in [6, 6.07) is 11.4. The van der Waals surface area contributed by atoms with Gasteiger partial charge in [-0.05, 0) is 105 Å². The molecule has 4 aliphatic rings. The number of carbonyl (C=O) groups excluding carboxylic acids is 2. The number of anilines is 1. The van der Waals surface area contributed by atoms with Crippen molar-refractivity contribution in [1.29, 1.82) is 0 Å². The van der Waals surface area contributed by atoms with E-state index in [9.17, 15) is 18.0 Å². The minimum Gasteiger partial charge on any atom is -0.490 e. The summed E-state index contributed by atoms with van der Waals surface area (Å²) in [7, 11) is -0.297. The molecule has 0 bridgehead atoms. The van der Waals surface area contributed by atoms with Crippen LogP contribution in [0.3, 0.4) is 0 Å². The van der Waals surface area contributed by atoms with E-state index in [2.05, 4.69) is 52.7 Å². The largest absolute Gasteiger partial charge is 0.490 e. The van der Waals surface area contributed by atoms with E-state index in [1.807, 2.05) is 11.0 Å². The van der Waals surface area contributed by atoms with Gasteiger partial charge in [0.15, 0.2) is 0 Å². The molecule has 13 heteroatoms. The number of amides is 2. The van der Waals surface area contributed by atoms with Crippen molar-refractivity contribution in [3.63, 3.8) is 0 Å². The Labute approximate surface area is 332 Å². The van der Waals surface area contributed by atoms with Crippen LogP contribution in [0.15, 0.2) is 48.6 Å². The fraction of sp³-hybridized carbons (Fsp3) is 0.619. The molecule has 0 radical (unpaired) electrons. The van der Waals surface area contributed by atoms with E-state index >= 15 is 0 Å². The van der Waals surface area contributed by atoms with Crippen molar-refractivity contribution in [3.8, 4) is 5.75 Å². The lowest BCUT2D eigenvalue weighted by molar-refractivity contribution is -0.140. The number of nitrogens with zero attached hydrogens (tertiary/aromatic N) is 3. The maximum Gasteiger partial charge on any atom is 0.264 e. The van der Waals surface area contributed by atoms with Gasteiger partial charge in [0, 0.05) is 69.5 Å². The van der Waals surface area contributed by atoms with E-state index in [1.54, 1.807) is 32.4 Å². The molecule has 1 N–H and O–H groups in total. The molecule has 2 aromatic rings. The molecule has 2 fully saturated rings. The lowest BCUT2D eigenvalue weighted by atomic mass is 9.63. The van der Waals surface area contributed by atoms with Gasteiger partial charge in [-0.3, -0.25) is 14.5 Å². The van der Waals surface area contributed by atoms with Crippen LogP contribution in [0.1, 0.15) is 74.4 Å². The second-order valence-corrected chi connectivity index (χ2v) is 18.8. The van der Waals surface area contributed by atoms with Gasteiger partial charge in [-0.25, -0.2) is 13.1 Å². The molecule has 1 saturated carbocycles. The van der Waals surface area contributed by atoms with Gasteiger partial charge in [0.1, 0.15) is 11.4 Å². The van der Waals surface area contributed by atoms with Crippen molar-refractivity contribution in [1.82, 2.24) is 14.5 Å². The van der Waals surface area contributed by atoms with Crippen molar-refractivity contribution in [2.24, 2.45) is 17.8 Å². The van der Waals surface area contributed by atoms with Crippen molar-refractivity contribution in [3.05, 3.63) is 70.3 Å². The number of nitrogens with one attached hydrogen (secondary N) is 1. The average Bonchev–Trinajstić information content (AvgIpc) is 3.29. The van der Waals surface area contributed by atoms with Crippen LogP contribution in [-0.2, 0) is 36.1 Å². The second-order valence-electron chi connectivity index (χ2n) is 16.3. The average molecular weight is 799 g/mol. The summed E-state index contributed by atoms with van der Waals surface area (Å²) in [5.41, 5.74) is 2.60. The molecule has 11 nitrogen and oxygen atoms in total. The molecule has 2 aromatic carbocycles. The number of methoxy groups -OCH3 is 2. The predicted octanol–water partition coefficient (Wildman–Crippen LogP) is 5.70. The normalized spacial score (nSPS) is 24.2. The second kappa shape index (κ2) is 17.5. The van der Waals surface area contributed by atoms with Crippen molar-refractivity contribution < 1.29 is 32.2 Å².